The Kier molecular flexibility index (Phi) is 5.16. The molecule has 0 aliphatic carbocycles. The first-order valence-corrected chi connectivity index (χ1v) is 7.39. The number of benzene rings is 1. The summed E-state index contributed by atoms with van der Waals surface area (Å²) in [6.45, 7) is 2.23. The fraction of sp³-hybridized carbons (Fsp3) is 0.389. The second-order valence-electron chi connectivity index (χ2n) is 5.46. The summed E-state index contributed by atoms with van der Waals surface area (Å²) >= 11 is 0. The number of rotatable bonds is 6. The number of hydrogen-bond acceptors (Lipinski definition) is 2. The van der Waals surface area contributed by atoms with E-state index in [2.05, 4.69) is 61.2 Å². The van der Waals surface area contributed by atoms with Crippen molar-refractivity contribution in [2.45, 2.75) is 32.6 Å². The highest BCUT2D eigenvalue weighted by Crippen LogP contribution is 2.19. The van der Waals surface area contributed by atoms with E-state index in [0.29, 0.717) is 0 Å². The lowest BCUT2D eigenvalue weighted by atomic mass is 10.0. The van der Waals surface area contributed by atoms with Gasteiger partial charge in [0.2, 0.25) is 0 Å². The van der Waals surface area contributed by atoms with Crippen LogP contribution in [0.15, 0.2) is 42.6 Å². The third-order valence-corrected chi connectivity index (χ3v) is 3.56. The van der Waals surface area contributed by atoms with E-state index in [-0.39, 0.29) is 0 Å². The molecule has 2 heteroatoms. The summed E-state index contributed by atoms with van der Waals surface area (Å²) in [5, 5.41) is 0. The van der Waals surface area contributed by atoms with Gasteiger partial charge in [-0.3, -0.25) is 4.98 Å². The highest BCUT2D eigenvalue weighted by atomic mass is 15.1. The van der Waals surface area contributed by atoms with Crippen molar-refractivity contribution >= 4 is 5.69 Å². The van der Waals surface area contributed by atoms with Gasteiger partial charge < -0.3 is 4.90 Å². The number of aryl methyl sites for hydroxylation is 1. The van der Waals surface area contributed by atoms with Crippen molar-refractivity contribution in [2.75, 3.05) is 19.0 Å². The standard InChI is InChI=1S/C18H24N2/c1-4-5-7-15-9-11-16(12-10-15)14-17-18(20(2)3)8-6-13-19-17/h6,8-13H,4-5,7,14H2,1-3H3. The summed E-state index contributed by atoms with van der Waals surface area (Å²) in [7, 11) is 4.13. The van der Waals surface area contributed by atoms with Gasteiger partial charge in [0, 0.05) is 26.7 Å². The van der Waals surface area contributed by atoms with Crippen molar-refractivity contribution in [2.24, 2.45) is 0 Å². The lowest BCUT2D eigenvalue weighted by molar-refractivity contribution is 0.794. The van der Waals surface area contributed by atoms with E-state index >= 15 is 0 Å². The Labute approximate surface area is 122 Å². The summed E-state index contributed by atoms with van der Waals surface area (Å²) in [5.41, 5.74) is 5.10. The highest BCUT2D eigenvalue weighted by Gasteiger charge is 2.06. The Balaban J connectivity index is 2.10. The molecule has 0 aliphatic rings. The zero-order valence-electron chi connectivity index (χ0n) is 12.8. The van der Waals surface area contributed by atoms with E-state index < -0.39 is 0 Å². The minimum absolute atomic E-state index is 0.891. The molecule has 0 amide bonds. The summed E-state index contributed by atoms with van der Waals surface area (Å²) in [6, 6.07) is 13.1. The normalized spacial score (nSPS) is 10.6. The molecule has 20 heavy (non-hydrogen) atoms. The average molecular weight is 268 g/mol. The number of pyridine rings is 1. The van der Waals surface area contributed by atoms with Crippen LogP contribution in [0.1, 0.15) is 36.6 Å². The molecule has 2 nitrogen and oxygen atoms in total. The maximum atomic E-state index is 4.53. The molecule has 106 valence electrons. The van der Waals surface area contributed by atoms with E-state index in [0.717, 1.165) is 12.1 Å². The van der Waals surface area contributed by atoms with Gasteiger partial charge >= 0.3 is 0 Å². The zero-order chi connectivity index (χ0) is 14.4. The quantitative estimate of drug-likeness (QED) is 0.784. The van der Waals surface area contributed by atoms with Crippen molar-refractivity contribution < 1.29 is 0 Å². The molecule has 2 aromatic rings. The number of anilines is 1. The summed E-state index contributed by atoms with van der Waals surface area (Å²) < 4.78 is 0. The second-order valence-corrected chi connectivity index (χ2v) is 5.46. The van der Waals surface area contributed by atoms with Gasteiger partial charge in [-0.25, -0.2) is 0 Å². The average Bonchev–Trinajstić information content (AvgIpc) is 2.47. The molecule has 0 bridgehead atoms. The Morgan fingerprint density at radius 2 is 1.70 bits per heavy atom. The van der Waals surface area contributed by atoms with Crippen LogP contribution in [-0.4, -0.2) is 19.1 Å². The van der Waals surface area contributed by atoms with Gasteiger partial charge in [-0.1, -0.05) is 37.6 Å². The van der Waals surface area contributed by atoms with E-state index in [1.165, 1.54) is 36.1 Å². The van der Waals surface area contributed by atoms with Gasteiger partial charge in [-0.05, 0) is 36.1 Å². The molecule has 0 atom stereocenters. The molecule has 2 rings (SSSR count). The van der Waals surface area contributed by atoms with E-state index in [1.54, 1.807) is 0 Å². The lowest BCUT2D eigenvalue weighted by Crippen LogP contribution is -2.12. The van der Waals surface area contributed by atoms with Crippen LogP contribution in [0.3, 0.4) is 0 Å². The Morgan fingerprint density at radius 3 is 2.35 bits per heavy atom. The topological polar surface area (TPSA) is 16.1 Å². The fourth-order valence-electron chi connectivity index (χ4n) is 2.37. The fourth-order valence-corrected chi connectivity index (χ4v) is 2.37. The molecule has 1 heterocycles. The summed E-state index contributed by atoms with van der Waals surface area (Å²) in [4.78, 5) is 6.65. The van der Waals surface area contributed by atoms with E-state index in [4.69, 9.17) is 0 Å². The van der Waals surface area contributed by atoms with Crippen LogP contribution >= 0.6 is 0 Å². The smallest absolute Gasteiger partial charge is 0.0680 e. The van der Waals surface area contributed by atoms with Crippen molar-refractivity contribution in [3.05, 3.63) is 59.4 Å². The third-order valence-electron chi connectivity index (χ3n) is 3.56. The predicted molar refractivity (Wildman–Crippen MR) is 86.4 cm³/mol. The molecule has 0 saturated carbocycles. The molecular weight excluding hydrogens is 244 g/mol. The maximum Gasteiger partial charge on any atom is 0.0680 e. The van der Waals surface area contributed by atoms with Gasteiger partial charge in [-0.2, -0.15) is 0 Å². The Bertz CT molecular complexity index is 529. The zero-order valence-corrected chi connectivity index (χ0v) is 12.8. The van der Waals surface area contributed by atoms with Gasteiger partial charge in [0.25, 0.3) is 0 Å². The summed E-state index contributed by atoms with van der Waals surface area (Å²) in [6.07, 6.45) is 6.47. The first-order valence-electron chi connectivity index (χ1n) is 7.39. The van der Waals surface area contributed by atoms with Crippen molar-refractivity contribution in [1.29, 1.82) is 0 Å². The number of nitrogens with zero attached hydrogens (tertiary/aromatic N) is 2. The molecule has 0 fully saturated rings. The Hall–Kier alpha value is -1.83. The highest BCUT2D eigenvalue weighted by molar-refractivity contribution is 5.50. The predicted octanol–water partition coefficient (Wildman–Crippen LogP) is 4.08. The molecular formula is C18H24N2. The van der Waals surface area contributed by atoms with Crippen LogP contribution in [0.5, 0.6) is 0 Å². The Morgan fingerprint density at radius 1 is 1.00 bits per heavy atom. The SMILES string of the molecule is CCCCc1ccc(Cc2ncccc2N(C)C)cc1. The first kappa shape index (κ1) is 14.6. The second kappa shape index (κ2) is 7.09. The molecule has 0 radical (unpaired) electrons. The number of aromatic nitrogens is 1. The third kappa shape index (κ3) is 3.83. The van der Waals surface area contributed by atoms with Gasteiger partial charge in [-0.15, -0.1) is 0 Å². The number of unbranched alkanes of at least 4 members (excludes halogenated alkanes) is 1. The number of hydrogen-bond donors (Lipinski definition) is 0. The van der Waals surface area contributed by atoms with E-state index in [1.807, 2.05) is 12.3 Å². The van der Waals surface area contributed by atoms with Gasteiger partial charge in [0.1, 0.15) is 0 Å². The summed E-state index contributed by atoms with van der Waals surface area (Å²) in [5.74, 6) is 0. The van der Waals surface area contributed by atoms with Gasteiger partial charge in [0.15, 0.2) is 0 Å². The molecule has 0 spiro atoms. The van der Waals surface area contributed by atoms with Crippen LogP contribution in [0.25, 0.3) is 0 Å². The van der Waals surface area contributed by atoms with Crippen LogP contribution in [0, 0.1) is 0 Å². The van der Waals surface area contributed by atoms with E-state index in [9.17, 15) is 0 Å². The minimum Gasteiger partial charge on any atom is -0.376 e. The first-order chi connectivity index (χ1) is 9.70. The molecule has 0 aliphatic heterocycles. The van der Waals surface area contributed by atoms with Crippen LogP contribution in [0.4, 0.5) is 5.69 Å². The largest absolute Gasteiger partial charge is 0.376 e. The van der Waals surface area contributed by atoms with Crippen molar-refractivity contribution in [3.63, 3.8) is 0 Å². The maximum absolute atomic E-state index is 4.53. The van der Waals surface area contributed by atoms with Crippen LogP contribution in [-0.2, 0) is 12.8 Å². The molecule has 0 saturated heterocycles. The van der Waals surface area contributed by atoms with Crippen molar-refractivity contribution in [3.8, 4) is 0 Å². The molecule has 1 aromatic heterocycles. The molecule has 0 N–H and O–H groups in total. The molecule has 0 unspecified atom stereocenters. The van der Waals surface area contributed by atoms with Gasteiger partial charge in [0.05, 0.1) is 11.4 Å². The van der Waals surface area contributed by atoms with Crippen LogP contribution in [0.2, 0.25) is 0 Å². The monoisotopic (exact) mass is 268 g/mol. The van der Waals surface area contributed by atoms with Crippen LogP contribution < -0.4 is 4.90 Å². The lowest BCUT2D eigenvalue weighted by Gasteiger charge is -2.16. The molecule has 1 aromatic carbocycles. The van der Waals surface area contributed by atoms with Crippen molar-refractivity contribution in [1.82, 2.24) is 4.98 Å². The minimum atomic E-state index is 0.891.